The Kier molecular flexibility index (Phi) is 4.56. The number of benzene rings is 1. The molecule has 0 radical (unpaired) electrons. The van der Waals surface area contributed by atoms with Crippen LogP contribution in [0.3, 0.4) is 0 Å². The van der Waals surface area contributed by atoms with Gasteiger partial charge in [-0.1, -0.05) is 43.7 Å². The summed E-state index contributed by atoms with van der Waals surface area (Å²) in [5.74, 6) is 2.08. The van der Waals surface area contributed by atoms with Crippen LogP contribution in [0, 0.1) is 18.3 Å². The number of fused-ring (bicyclic) bond motifs is 2. The van der Waals surface area contributed by atoms with Gasteiger partial charge < -0.3 is 14.8 Å². The molecule has 4 heterocycles. The van der Waals surface area contributed by atoms with Crippen LogP contribution in [0.1, 0.15) is 31.7 Å². The quantitative estimate of drug-likeness (QED) is 0.503. The number of aryl methyl sites for hydroxylation is 1. The Morgan fingerprint density at radius 2 is 1.85 bits per heavy atom. The second kappa shape index (κ2) is 7.41. The van der Waals surface area contributed by atoms with E-state index in [1.54, 1.807) is 4.52 Å². The molecule has 2 aliphatic rings. The Morgan fingerprint density at radius 1 is 1.09 bits per heavy atom. The molecule has 1 amide bonds. The molecule has 6 rings (SSSR count). The van der Waals surface area contributed by atoms with Crippen molar-refractivity contribution in [2.75, 3.05) is 18.9 Å². The van der Waals surface area contributed by atoms with Crippen molar-refractivity contribution in [2.24, 2.45) is 11.3 Å². The summed E-state index contributed by atoms with van der Waals surface area (Å²) in [5.41, 5.74) is 5.88. The molecule has 1 unspecified atom stereocenters. The lowest BCUT2D eigenvalue weighted by Gasteiger charge is -2.29. The van der Waals surface area contributed by atoms with Crippen molar-refractivity contribution in [3.05, 3.63) is 54.0 Å². The highest BCUT2D eigenvalue weighted by Gasteiger charge is 2.52. The molecule has 8 nitrogen and oxygen atoms in total. The molecule has 1 aromatic carbocycles. The first-order valence-electron chi connectivity index (χ1n) is 11.8. The number of hydrogen-bond acceptors (Lipinski definition) is 5. The van der Waals surface area contributed by atoms with Gasteiger partial charge >= 0.3 is 0 Å². The third-order valence-electron chi connectivity index (χ3n) is 7.24. The van der Waals surface area contributed by atoms with Gasteiger partial charge in [-0.3, -0.25) is 4.79 Å². The number of amides is 1. The third kappa shape index (κ3) is 3.36. The van der Waals surface area contributed by atoms with E-state index in [0.717, 1.165) is 46.4 Å². The molecule has 1 saturated carbocycles. The maximum atomic E-state index is 13.1. The summed E-state index contributed by atoms with van der Waals surface area (Å²) in [6.45, 7) is 8.35. The molecule has 3 aromatic heterocycles. The van der Waals surface area contributed by atoms with Gasteiger partial charge in [0.05, 0.1) is 24.1 Å². The second-order valence-electron chi connectivity index (χ2n) is 10.1. The number of imidazole rings is 2. The fourth-order valence-corrected chi connectivity index (χ4v) is 4.93. The Hall–Kier alpha value is -3.68. The number of carbonyl (C=O) groups is 1. The van der Waals surface area contributed by atoms with Gasteiger partial charge in [0.1, 0.15) is 17.3 Å². The van der Waals surface area contributed by atoms with Crippen molar-refractivity contribution >= 4 is 17.4 Å². The highest BCUT2D eigenvalue weighted by molar-refractivity contribution is 5.83. The summed E-state index contributed by atoms with van der Waals surface area (Å²) in [4.78, 5) is 24.7. The van der Waals surface area contributed by atoms with Crippen molar-refractivity contribution in [3.8, 4) is 22.6 Å². The van der Waals surface area contributed by atoms with E-state index in [-0.39, 0.29) is 17.2 Å². The molecule has 1 aliphatic heterocycles. The number of nitrogens with one attached hydrogen (secondary N) is 1. The second-order valence-corrected chi connectivity index (χ2v) is 10.1. The third-order valence-corrected chi connectivity index (χ3v) is 7.24. The van der Waals surface area contributed by atoms with Crippen molar-refractivity contribution < 1.29 is 4.79 Å². The van der Waals surface area contributed by atoms with Crippen LogP contribution >= 0.6 is 0 Å². The summed E-state index contributed by atoms with van der Waals surface area (Å²) in [6.07, 6.45) is 2.86. The van der Waals surface area contributed by atoms with Gasteiger partial charge in [0, 0.05) is 31.6 Å². The van der Waals surface area contributed by atoms with Crippen molar-refractivity contribution in [1.29, 1.82) is 0 Å². The van der Waals surface area contributed by atoms with Crippen LogP contribution in [0.5, 0.6) is 0 Å². The number of nitrogens with zero attached hydrogens (tertiary/aromatic N) is 6. The molecule has 0 bridgehead atoms. The molecule has 1 fully saturated rings. The van der Waals surface area contributed by atoms with Crippen molar-refractivity contribution in [3.63, 3.8) is 0 Å². The maximum Gasteiger partial charge on any atom is 0.226 e. The van der Waals surface area contributed by atoms with Gasteiger partial charge in [-0.05, 0) is 30.9 Å². The first-order valence-corrected chi connectivity index (χ1v) is 11.8. The minimum atomic E-state index is 0.124. The van der Waals surface area contributed by atoms with Crippen LogP contribution in [0.25, 0.3) is 28.3 Å². The van der Waals surface area contributed by atoms with Crippen LogP contribution in [-0.2, 0) is 17.9 Å². The van der Waals surface area contributed by atoms with E-state index >= 15 is 0 Å². The standard InChI is InChI=1S/C26H29N7O/c1-16-5-7-17(8-6-16)23-24(19-9-10-21-28-20(27-4)14-33(21)30-19)32-12-11-31(15-22(32)29-23)25(34)18-13-26(18,2)3/h5-10,14,18,27H,11-13,15H2,1-4H3. The van der Waals surface area contributed by atoms with E-state index < -0.39 is 0 Å². The van der Waals surface area contributed by atoms with Gasteiger partial charge in [0.25, 0.3) is 0 Å². The molecule has 1 aliphatic carbocycles. The van der Waals surface area contributed by atoms with Crippen molar-refractivity contribution in [1.82, 2.24) is 29.0 Å². The zero-order valence-corrected chi connectivity index (χ0v) is 20.0. The number of hydrogen-bond donors (Lipinski definition) is 1. The molecule has 8 heteroatoms. The largest absolute Gasteiger partial charge is 0.372 e. The Labute approximate surface area is 198 Å². The molecule has 4 aromatic rings. The number of carbonyl (C=O) groups excluding carboxylic acids is 1. The normalized spacial score (nSPS) is 18.7. The van der Waals surface area contributed by atoms with Crippen LogP contribution in [0.4, 0.5) is 5.82 Å². The van der Waals surface area contributed by atoms with Crippen LogP contribution < -0.4 is 5.32 Å². The first-order chi connectivity index (χ1) is 16.3. The van der Waals surface area contributed by atoms with Crippen LogP contribution in [0.15, 0.2) is 42.6 Å². The zero-order chi connectivity index (χ0) is 23.6. The van der Waals surface area contributed by atoms with Gasteiger partial charge in [-0.15, -0.1) is 0 Å². The fourth-order valence-electron chi connectivity index (χ4n) is 4.93. The summed E-state index contributed by atoms with van der Waals surface area (Å²) in [6, 6.07) is 12.4. The molecule has 0 saturated heterocycles. The SMILES string of the molecule is CNc1cn2nc(-c3c(-c4ccc(C)cc4)nc4n3CCN(C(=O)C3CC3(C)C)C4)ccc2n1. The Bertz CT molecular complexity index is 1410. The average molecular weight is 456 g/mol. The predicted molar refractivity (Wildman–Crippen MR) is 131 cm³/mol. The van der Waals surface area contributed by atoms with E-state index in [1.165, 1.54) is 5.56 Å². The van der Waals surface area contributed by atoms with E-state index in [0.29, 0.717) is 19.6 Å². The molecule has 34 heavy (non-hydrogen) atoms. The smallest absolute Gasteiger partial charge is 0.226 e. The lowest BCUT2D eigenvalue weighted by Crippen LogP contribution is -2.40. The first kappa shape index (κ1) is 20.9. The predicted octanol–water partition coefficient (Wildman–Crippen LogP) is 4.00. The van der Waals surface area contributed by atoms with Crippen LogP contribution in [-0.4, -0.2) is 48.5 Å². The van der Waals surface area contributed by atoms with E-state index in [9.17, 15) is 4.79 Å². The van der Waals surface area contributed by atoms with Crippen LogP contribution in [0.2, 0.25) is 0 Å². The van der Waals surface area contributed by atoms with Gasteiger partial charge in [-0.2, -0.15) is 5.10 Å². The Morgan fingerprint density at radius 3 is 2.56 bits per heavy atom. The lowest BCUT2D eigenvalue weighted by atomic mass is 10.1. The number of rotatable bonds is 4. The summed E-state index contributed by atoms with van der Waals surface area (Å²) < 4.78 is 4.04. The van der Waals surface area contributed by atoms with Gasteiger partial charge in [0.2, 0.25) is 5.91 Å². The van der Waals surface area contributed by atoms with Gasteiger partial charge in [-0.25, -0.2) is 14.5 Å². The van der Waals surface area contributed by atoms with Crippen molar-refractivity contribution in [2.45, 2.75) is 40.3 Å². The summed E-state index contributed by atoms with van der Waals surface area (Å²) in [5, 5.41) is 7.95. The highest BCUT2D eigenvalue weighted by Crippen LogP contribution is 2.52. The molecule has 1 N–H and O–H groups in total. The van der Waals surface area contributed by atoms with E-state index in [2.05, 4.69) is 59.9 Å². The number of anilines is 1. The molecule has 1 atom stereocenters. The maximum absolute atomic E-state index is 13.1. The van der Waals surface area contributed by atoms with E-state index in [4.69, 9.17) is 10.1 Å². The lowest BCUT2D eigenvalue weighted by molar-refractivity contribution is -0.134. The molecule has 174 valence electrons. The average Bonchev–Trinajstić information content (AvgIpc) is 3.16. The minimum absolute atomic E-state index is 0.124. The Balaban J connectivity index is 1.44. The minimum Gasteiger partial charge on any atom is -0.372 e. The summed E-state index contributed by atoms with van der Waals surface area (Å²) in [7, 11) is 1.85. The monoisotopic (exact) mass is 455 g/mol. The van der Waals surface area contributed by atoms with E-state index in [1.807, 2.05) is 30.3 Å². The van der Waals surface area contributed by atoms with Gasteiger partial charge in [0.15, 0.2) is 5.65 Å². The molecular formula is C26H29N7O. The highest BCUT2D eigenvalue weighted by atomic mass is 16.2. The number of aromatic nitrogens is 5. The molecule has 0 spiro atoms. The zero-order valence-electron chi connectivity index (χ0n) is 20.0. The molecular weight excluding hydrogens is 426 g/mol. The summed E-state index contributed by atoms with van der Waals surface area (Å²) >= 11 is 0. The fraction of sp³-hybridized carbons (Fsp3) is 0.385. The topological polar surface area (TPSA) is 80.4 Å².